The van der Waals surface area contributed by atoms with Gasteiger partial charge in [0.1, 0.15) is 6.20 Å². The quantitative estimate of drug-likeness (QED) is 0.438. The van der Waals surface area contributed by atoms with Gasteiger partial charge in [-0.25, -0.2) is 5.01 Å². The number of carbonyl (C=O) groups is 1. The summed E-state index contributed by atoms with van der Waals surface area (Å²) in [4.78, 5) is 11.4. The van der Waals surface area contributed by atoms with Crippen molar-refractivity contribution in [3.63, 3.8) is 0 Å². The number of carbonyl (C=O) groups excluding carboxylic acids is 1. The fourth-order valence-corrected chi connectivity index (χ4v) is 2.70. The number of allylic oxidation sites excluding steroid dienone is 2. The van der Waals surface area contributed by atoms with Crippen molar-refractivity contribution in [3.8, 4) is 0 Å². The number of quaternary nitrogens is 1. The molecule has 0 bridgehead atoms. The zero-order valence-corrected chi connectivity index (χ0v) is 12.0. The number of esters is 1. The van der Waals surface area contributed by atoms with Gasteiger partial charge in [-0.3, -0.25) is 4.79 Å². The van der Waals surface area contributed by atoms with Crippen LogP contribution in [0.4, 0.5) is 0 Å². The van der Waals surface area contributed by atoms with Crippen molar-refractivity contribution in [3.05, 3.63) is 29.8 Å². The second-order valence-corrected chi connectivity index (χ2v) is 6.21. The van der Waals surface area contributed by atoms with Crippen LogP contribution in [0.2, 0.25) is 0 Å². The SMILES string of the molecule is CC(=O)OC1([N+]2([O-])C=CC=CN2C(C)(C)C)CCC1. The molecule has 0 N–H and O–H groups in total. The Balaban J connectivity index is 2.40. The average Bonchev–Trinajstić information content (AvgIpc) is 2.21. The average molecular weight is 266 g/mol. The van der Waals surface area contributed by atoms with Crippen LogP contribution in [-0.4, -0.2) is 27.0 Å². The normalized spacial score (nSPS) is 29.0. The fourth-order valence-electron chi connectivity index (χ4n) is 2.70. The molecule has 2 aliphatic rings. The molecule has 1 unspecified atom stereocenters. The van der Waals surface area contributed by atoms with E-state index in [0.29, 0.717) is 12.8 Å². The lowest BCUT2D eigenvalue weighted by Crippen LogP contribution is -2.72. The molecule has 0 radical (unpaired) electrons. The molecule has 0 amide bonds. The summed E-state index contributed by atoms with van der Waals surface area (Å²) < 4.78 is 4.69. The first-order valence-corrected chi connectivity index (χ1v) is 6.67. The lowest BCUT2D eigenvalue weighted by molar-refractivity contribution is -1.02. The van der Waals surface area contributed by atoms with Gasteiger partial charge in [0.25, 0.3) is 5.72 Å². The monoisotopic (exact) mass is 266 g/mol. The molecule has 2 rings (SSSR count). The van der Waals surface area contributed by atoms with Crippen LogP contribution in [0, 0.1) is 5.21 Å². The number of hydrogen-bond donors (Lipinski definition) is 0. The topological polar surface area (TPSA) is 52.6 Å². The summed E-state index contributed by atoms with van der Waals surface area (Å²) in [5.74, 6) is -0.398. The summed E-state index contributed by atoms with van der Waals surface area (Å²) in [6.07, 6.45) is 9.00. The van der Waals surface area contributed by atoms with Gasteiger partial charge in [0.05, 0.1) is 11.7 Å². The van der Waals surface area contributed by atoms with Crippen LogP contribution < -0.4 is 0 Å². The van der Waals surface area contributed by atoms with E-state index in [4.69, 9.17) is 4.74 Å². The highest BCUT2D eigenvalue weighted by molar-refractivity contribution is 5.66. The van der Waals surface area contributed by atoms with Crippen molar-refractivity contribution in [2.75, 3.05) is 0 Å². The molecule has 0 aromatic carbocycles. The van der Waals surface area contributed by atoms with E-state index >= 15 is 0 Å². The van der Waals surface area contributed by atoms with Crippen molar-refractivity contribution >= 4 is 5.97 Å². The Labute approximate surface area is 114 Å². The van der Waals surface area contributed by atoms with E-state index in [-0.39, 0.29) is 5.54 Å². The van der Waals surface area contributed by atoms with Crippen molar-refractivity contribution in [2.24, 2.45) is 0 Å². The van der Waals surface area contributed by atoms with E-state index < -0.39 is 16.4 Å². The maximum Gasteiger partial charge on any atom is 0.307 e. The summed E-state index contributed by atoms with van der Waals surface area (Å²) in [6.45, 7) is 7.28. The number of ether oxygens (including phenoxy) is 1. The Bertz CT molecular complexity index is 432. The van der Waals surface area contributed by atoms with Crippen molar-refractivity contribution < 1.29 is 14.3 Å². The van der Waals surface area contributed by atoms with Crippen LogP contribution in [0.3, 0.4) is 0 Å². The predicted octanol–water partition coefficient (Wildman–Crippen LogP) is 2.80. The maximum absolute atomic E-state index is 13.4. The Morgan fingerprint density at radius 3 is 2.42 bits per heavy atom. The van der Waals surface area contributed by atoms with E-state index in [9.17, 15) is 10.0 Å². The van der Waals surface area contributed by atoms with Crippen molar-refractivity contribution in [1.82, 2.24) is 5.01 Å². The van der Waals surface area contributed by atoms with E-state index in [2.05, 4.69) is 0 Å². The third kappa shape index (κ3) is 2.17. The first-order chi connectivity index (χ1) is 8.71. The molecule has 1 fully saturated rings. The van der Waals surface area contributed by atoms with Gasteiger partial charge in [0.2, 0.25) is 0 Å². The van der Waals surface area contributed by atoms with Gasteiger partial charge in [-0.15, -0.1) is 0 Å². The molecule has 106 valence electrons. The second kappa shape index (κ2) is 4.35. The molecule has 0 aromatic rings. The van der Waals surface area contributed by atoms with Gasteiger partial charge >= 0.3 is 5.97 Å². The molecule has 1 saturated carbocycles. The molecule has 19 heavy (non-hydrogen) atoms. The molecule has 1 atom stereocenters. The lowest BCUT2D eigenvalue weighted by atomic mass is 9.86. The third-order valence-corrected chi connectivity index (χ3v) is 3.69. The van der Waals surface area contributed by atoms with E-state index in [1.54, 1.807) is 23.5 Å². The first-order valence-electron chi connectivity index (χ1n) is 6.67. The predicted molar refractivity (Wildman–Crippen MR) is 71.8 cm³/mol. The summed E-state index contributed by atoms with van der Waals surface area (Å²) in [6, 6.07) is 0. The minimum atomic E-state index is -1.000. The highest BCUT2D eigenvalue weighted by Crippen LogP contribution is 2.47. The lowest BCUT2D eigenvalue weighted by Gasteiger charge is -2.62. The molecule has 5 nitrogen and oxygen atoms in total. The van der Waals surface area contributed by atoms with Gasteiger partial charge < -0.3 is 9.94 Å². The molecule has 0 spiro atoms. The van der Waals surface area contributed by atoms with Crippen LogP contribution in [0.25, 0.3) is 0 Å². The van der Waals surface area contributed by atoms with Gasteiger partial charge in [0, 0.05) is 19.8 Å². The number of nitrogens with zero attached hydrogens (tertiary/aromatic N) is 2. The first kappa shape index (κ1) is 14.1. The van der Waals surface area contributed by atoms with Gasteiger partial charge in [-0.2, -0.15) is 4.76 Å². The van der Waals surface area contributed by atoms with Gasteiger partial charge in [-0.1, -0.05) is 0 Å². The number of rotatable bonds is 2. The molecule has 0 aromatic heterocycles. The summed E-state index contributed by atoms with van der Waals surface area (Å²) >= 11 is 0. The van der Waals surface area contributed by atoms with Crippen LogP contribution in [0.5, 0.6) is 0 Å². The molecular weight excluding hydrogens is 244 g/mol. The molecule has 1 aliphatic heterocycles. The standard InChI is InChI=1S/C14H22N2O3/c1-12(17)19-14(8-7-9-14)16(18)11-6-5-10-15(16)13(2,3)4/h5-6,10-11H,7-9H2,1-4H3. The molecule has 1 heterocycles. The zero-order valence-electron chi connectivity index (χ0n) is 12.0. The van der Waals surface area contributed by atoms with Crippen LogP contribution >= 0.6 is 0 Å². The second-order valence-electron chi connectivity index (χ2n) is 6.21. The maximum atomic E-state index is 13.4. The highest BCUT2D eigenvalue weighted by atomic mass is 16.7. The third-order valence-electron chi connectivity index (χ3n) is 3.69. The van der Waals surface area contributed by atoms with Crippen molar-refractivity contribution in [1.29, 1.82) is 0 Å². The smallest absolute Gasteiger partial charge is 0.307 e. The summed E-state index contributed by atoms with van der Waals surface area (Å²) in [5, 5.41) is 15.1. The highest BCUT2D eigenvalue weighted by Gasteiger charge is 2.58. The Kier molecular flexibility index (Phi) is 3.23. The summed E-state index contributed by atoms with van der Waals surface area (Å²) in [5.41, 5.74) is -1.36. The molecular formula is C14H22N2O3. The molecule has 1 aliphatic carbocycles. The molecule has 5 heteroatoms. The fraction of sp³-hybridized carbons (Fsp3) is 0.643. The number of hydrogen-bond acceptors (Lipinski definition) is 4. The van der Waals surface area contributed by atoms with Crippen molar-refractivity contribution in [2.45, 2.75) is 58.2 Å². The number of hydroxylamine groups is 2. The Morgan fingerprint density at radius 1 is 1.37 bits per heavy atom. The molecule has 0 saturated heterocycles. The van der Waals surface area contributed by atoms with E-state index in [0.717, 1.165) is 6.42 Å². The Hall–Kier alpha value is -1.33. The van der Waals surface area contributed by atoms with E-state index in [1.807, 2.05) is 26.8 Å². The minimum absolute atomic E-state index is 0.355. The largest absolute Gasteiger partial charge is 0.598 e. The van der Waals surface area contributed by atoms with Gasteiger partial charge in [0.15, 0.2) is 0 Å². The van der Waals surface area contributed by atoms with Crippen LogP contribution in [-0.2, 0) is 9.53 Å². The minimum Gasteiger partial charge on any atom is -0.598 e. The summed E-state index contributed by atoms with van der Waals surface area (Å²) in [7, 11) is 0. The Morgan fingerprint density at radius 2 is 2.00 bits per heavy atom. The van der Waals surface area contributed by atoms with Crippen LogP contribution in [0.1, 0.15) is 47.0 Å². The van der Waals surface area contributed by atoms with Crippen LogP contribution in [0.15, 0.2) is 24.6 Å². The van der Waals surface area contributed by atoms with Gasteiger partial charge in [-0.05, 0) is 39.3 Å². The zero-order chi connectivity index (χ0) is 14.3. The van der Waals surface area contributed by atoms with E-state index in [1.165, 1.54) is 6.92 Å².